The fourth-order valence-corrected chi connectivity index (χ4v) is 3.18. The van der Waals surface area contributed by atoms with Crippen LogP contribution in [0.2, 0.25) is 0 Å². The topological polar surface area (TPSA) is 114 Å². The number of amides is 3. The summed E-state index contributed by atoms with van der Waals surface area (Å²) in [6.07, 6.45) is 6.77. The maximum absolute atomic E-state index is 13.6. The number of methoxy groups -OCH3 is 1. The molecular formula is C26H35N3O6. The van der Waals surface area contributed by atoms with Gasteiger partial charge in [0.05, 0.1) is 7.11 Å². The number of hydrogen-bond acceptors (Lipinski definition) is 6. The number of carbonyl (C=O) groups is 4. The van der Waals surface area contributed by atoms with E-state index in [-0.39, 0.29) is 12.3 Å². The van der Waals surface area contributed by atoms with Crippen LogP contribution in [-0.2, 0) is 23.9 Å². The minimum atomic E-state index is -1.29. The Balaban J connectivity index is 3.41. The van der Waals surface area contributed by atoms with Crippen LogP contribution in [0.5, 0.6) is 0 Å². The molecule has 2 N–H and O–H groups in total. The SMILES string of the molecule is C#CN(C(=O)C(CC(C)C)NC(=O)OC(C)(C)C)C(C(=O)NCC(=O)OC)c1cccc(C=C)c1. The monoisotopic (exact) mass is 485 g/mol. The van der Waals surface area contributed by atoms with Gasteiger partial charge in [-0.1, -0.05) is 51.1 Å². The second-order valence-electron chi connectivity index (χ2n) is 9.24. The summed E-state index contributed by atoms with van der Waals surface area (Å²) in [5.74, 6) is -2.02. The summed E-state index contributed by atoms with van der Waals surface area (Å²) < 4.78 is 9.87. The highest BCUT2D eigenvalue weighted by Gasteiger charge is 2.36. The van der Waals surface area contributed by atoms with Crippen molar-refractivity contribution in [3.8, 4) is 12.5 Å². The minimum absolute atomic E-state index is 0.00852. The molecule has 0 radical (unpaired) electrons. The van der Waals surface area contributed by atoms with Crippen molar-refractivity contribution in [2.45, 2.75) is 58.7 Å². The summed E-state index contributed by atoms with van der Waals surface area (Å²) in [5, 5.41) is 5.03. The van der Waals surface area contributed by atoms with Crippen LogP contribution in [0.4, 0.5) is 4.79 Å². The Morgan fingerprint density at radius 1 is 1.23 bits per heavy atom. The lowest BCUT2D eigenvalue weighted by Gasteiger charge is -2.31. The first-order chi connectivity index (χ1) is 16.3. The number of nitrogens with zero attached hydrogens (tertiary/aromatic N) is 1. The molecule has 2 atom stereocenters. The third-order valence-electron chi connectivity index (χ3n) is 4.68. The number of carbonyl (C=O) groups excluding carboxylic acids is 4. The molecule has 190 valence electrons. The van der Waals surface area contributed by atoms with Crippen molar-refractivity contribution in [2.75, 3.05) is 13.7 Å². The Hall–Kier alpha value is -3.80. The molecule has 0 aliphatic rings. The van der Waals surface area contributed by atoms with Gasteiger partial charge in [0, 0.05) is 6.04 Å². The molecule has 2 unspecified atom stereocenters. The number of hydrogen-bond donors (Lipinski definition) is 2. The first-order valence-corrected chi connectivity index (χ1v) is 11.2. The van der Waals surface area contributed by atoms with E-state index in [4.69, 9.17) is 11.2 Å². The van der Waals surface area contributed by atoms with Crippen LogP contribution in [0.25, 0.3) is 6.08 Å². The maximum atomic E-state index is 13.6. The van der Waals surface area contributed by atoms with Crippen LogP contribution >= 0.6 is 0 Å². The molecular weight excluding hydrogens is 450 g/mol. The van der Waals surface area contributed by atoms with Gasteiger partial charge in [-0.2, -0.15) is 0 Å². The predicted octanol–water partition coefficient (Wildman–Crippen LogP) is 3.02. The first kappa shape index (κ1) is 29.2. The minimum Gasteiger partial charge on any atom is -0.468 e. The first-order valence-electron chi connectivity index (χ1n) is 11.2. The molecule has 0 aliphatic carbocycles. The predicted molar refractivity (Wildman–Crippen MR) is 133 cm³/mol. The highest BCUT2D eigenvalue weighted by molar-refractivity contribution is 5.94. The van der Waals surface area contributed by atoms with Crippen molar-refractivity contribution < 1.29 is 28.7 Å². The smallest absolute Gasteiger partial charge is 0.408 e. The van der Waals surface area contributed by atoms with Crippen LogP contribution in [0.3, 0.4) is 0 Å². The van der Waals surface area contributed by atoms with E-state index in [1.165, 1.54) is 7.11 Å². The number of esters is 1. The third kappa shape index (κ3) is 9.53. The van der Waals surface area contributed by atoms with Crippen molar-refractivity contribution in [1.82, 2.24) is 15.5 Å². The molecule has 0 heterocycles. The maximum Gasteiger partial charge on any atom is 0.408 e. The van der Waals surface area contributed by atoms with Gasteiger partial charge in [-0.05, 0) is 50.3 Å². The third-order valence-corrected chi connectivity index (χ3v) is 4.68. The second kappa shape index (κ2) is 13.2. The van der Waals surface area contributed by atoms with Crippen LogP contribution in [0.1, 0.15) is 58.2 Å². The summed E-state index contributed by atoms with van der Waals surface area (Å²) in [7, 11) is 1.19. The largest absolute Gasteiger partial charge is 0.468 e. The number of nitrogens with one attached hydrogen (secondary N) is 2. The van der Waals surface area contributed by atoms with Gasteiger partial charge in [-0.3, -0.25) is 19.3 Å². The molecule has 0 bridgehead atoms. The summed E-state index contributed by atoms with van der Waals surface area (Å²) in [5.41, 5.74) is 0.322. The van der Waals surface area contributed by atoms with Gasteiger partial charge in [-0.15, -0.1) is 0 Å². The Kier molecular flexibility index (Phi) is 11.0. The van der Waals surface area contributed by atoms with E-state index in [0.717, 1.165) is 4.90 Å². The molecule has 0 saturated carbocycles. The van der Waals surface area contributed by atoms with E-state index in [0.29, 0.717) is 11.1 Å². The zero-order valence-corrected chi connectivity index (χ0v) is 21.2. The van der Waals surface area contributed by atoms with E-state index in [1.807, 2.05) is 13.8 Å². The van der Waals surface area contributed by atoms with Gasteiger partial charge in [0.2, 0.25) is 5.91 Å². The van der Waals surface area contributed by atoms with Crippen LogP contribution in [-0.4, -0.2) is 54.1 Å². The lowest BCUT2D eigenvalue weighted by Crippen LogP contribution is -2.52. The number of rotatable bonds is 10. The average molecular weight is 486 g/mol. The second-order valence-corrected chi connectivity index (χ2v) is 9.24. The van der Waals surface area contributed by atoms with E-state index in [1.54, 1.807) is 51.1 Å². The fourth-order valence-electron chi connectivity index (χ4n) is 3.18. The Bertz CT molecular complexity index is 974. The van der Waals surface area contributed by atoms with Gasteiger partial charge in [0.25, 0.3) is 5.91 Å². The molecule has 0 fully saturated rings. The standard InChI is InChI=1S/C26H35N3O6/c1-9-18-12-11-13-19(15-18)22(23(31)27-16-21(30)34-8)29(10-2)24(32)20(14-17(3)4)28-25(33)35-26(5,6)7/h2,9,11-13,15,17,20,22H,1,14,16H2,3-8H3,(H,27,31)(H,28,33). The van der Waals surface area contributed by atoms with Crippen LogP contribution in [0, 0.1) is 18.4 Å². The fraction of sp³-hybridized carbons (Fsp3) is 0.462. The Morgan fingerprint density at radius 2 is 1.89 bits per heavy atom. The molecule has 0 aromatic heterocycles. The van der Waals surface area contributed by atoms with Crippen molar-refractivity contribution in [2.24, 2.45) is 5.92 Å². The zero-order chi connectivity index (χ0) is 26.8. The summed E-state index contributed by atoms with van der Waals surface area (Å²) in [6, 6.07) is 6.70. The number of terminal acetylenes is 1. The Labute approximate surface area is 207 Å². The highest BCUT2D eigenvalue weighted by Crippen LogP contribution is 2.24. The molecule has 0 saturated heterocycles. The van der Waals surface area contributed by atoms with Crippen molar-refractivity contribution in [3.63, 3.8) is 0 Å². The van der Waals surface area contributed by atoms with E-state index in [9.17, 15) is 19.2 Å². The van der Waals surface area contributed by atoms with Crippen LogP contribution in [0.15, 0.2) is 30.8 Å². The lowest BCUT2D eigenvalue weighted by atomic mass is 9.98. The van der Waals surface area contributed by atoms with Crippen LogP contribution < -0.4 is 10.6 Å². The molecule has 9 heteroatoms. The molecule has 0 aliphatic heterocycles. The van der Waals surface area contributed by atoms with Crippen molar-refractivity contribution in [1.29, 1.82) is 0 Å². The van der Waals surface area contributed by atoms with E-state index < -0.39 is 48.1 Å². The molecule has 0 spiro atoms. The van der Waals surface area contributed by atoms with Gasteiger partial charge in [0.15, 0.2) is 0 Å². The van der Waals surface area contributed by atoms with Crippen molar-refractivity contribution in [3.05, 3.63) is 42.0 Å². The number of ether oxygens (including phenoxy) is 2. The summed E-state index contributed by atoms with van der Waals surface area (Å²) in [4.78, 5) is 51.7. The van der Waals surface area contributed by atoms with Gasteiger partial charge in [-0.25, -0.2) is 4.79 Å². The lowest BCUT2D eigenvalue weighted by molar-refractivity contribution is -0.143. The zero-order valence-electron chi connectivity index (χ0n) is 21.2. The van der Waals surface area contributed by atoms with Gasteiger partial charge >= 0.3 is 12.1 Å². The molecule has 1 rings (SSSR count). The van der Waals surface area contributed by atoms with E-state index in [2.05, 4.69) is 28.0 Å². The Morgan fingerprint density at radius 3 is 2.40 bits per heavy atom. The molecule has 3 amide bonds. The summed E-state index contributed by atoms with van der Waals surface area (Å²) >= 11 is 0. The normalized spacial score (nSPS) is 12.5. The molecule has 1 aromatic carbocycles. The quantitative estimate of drug-likeness (QED) is 0.299. The van der Waals surface area contributed by atoms with Crippen molar-refractivity contribution >= 4 is 30.0 Å². The highest BCUT2D eigenvalue weighted by atomic mass is 16.6. The average Bonchev–Trinajstić information content (AvgIpc) is 2.78. The van der Waals surface area contributed by atoms with E-state index >= 15 is 0 Å². The number of benzene rings is 1. The summed E-state index contributed by atoms with van der Waals surface area (Å²) in [6.45, 7) is 12.2. The molecule has 1 aromatic rings. The van der Waals surface area contributed by atoms with Gasteiger partial charge < -0.3 is 20.1 Å². The number of alkyl carbamates (subject to hydrolysis) is 1. The van der Waals surface area contributed by atoms with Gasteiger partial charge in [0.1, 0.15) is 24.2 Å². The molecule has 35 heavy (non-hydrogen) atoms. The molecule has 9 nitrogen and oxygen atoms in total.